The molecule has 2 aromatic rings. The predicted molar refractivity (Wildman–Crippen MR) is 109 cm³/mol. The lowest BCUT2D eigenvalue weighted by Crippen LogP contribution is -2.18. The van der Waals surface area contributed by atoms with Crippen LogP contribution in [0.3, 0.4) is 0 Å². The average Bonchev–Trinajstić information content (AvgIpc) is 3.22. The highest BCUT2D eigenvalue weighted by molar-refractivity contribution is 5.70. The Hall–Kier alpha value is -2.08. The van der Waals surface area contributed by atoms with Crippen LogP contribution in [-0.4, -0.2) is 0 Å². The van der Waals surface area contributed by atoms with Crippen LogP contribution in [0.15, 0.2) is 36.4 Å². The van der Waals surface area contributed by atoms with Crippen LogP contribution in [0.2, 0.25) is 0 Å². The lowest BCUT2D eigenvalue weighted by atomic mass is 9.73. The highest BCUT2D eigenvalue weighted by atomic mass is 14.4. The minimum atomic E-state index is 0.528. The van der Waals surface area contributed by atoms with Crippen LogP contribution in [0.25, 0.3) is 12.2 Å². The van der Waals surface area contributed by atoms with Crippen LogP contribution in [0, 0.1) is 33.6 Å². The van der Waals surface area contributed by atoms with Gasteiger partial charge in [-0.05, 0) is 78.1 Å². The average molecular weight is 328 g/mol. The molecule has 2 aromatic carbocycles. The van der Waals surface area contributed by atoms with Crippen molar-refractivity contribution in [1.29, 1.82) is 0 Å². The Morgan fingerprint density at radius 2 is 1.08 bits per heavy atom. The van der Waals surface area contributed by atoms with Gasteiger partial charge in [-0.15, -0.1) is 0 Å². The van der Waals surface area contributed by atoms with Gasteiger partial charge in [-0.1, -0.05) is 61.9 Å². The Kier molecular flexibility index (Phi) is 3.95. The van der Waals surface area contributed by atoms with Gasteiger partial charge in [0.15, 0.2) is 0 Å². The summed E-state index contributed by atoms with van der Waals surface area (Å²) in [6, 6.07) is 9.13. The number of fused-ring (bicyclic) bond motifs is 2. The largest absolute Gasteiger partial charge is 0.0760 e. The summed E-state index contributed by atoms with van der Waals surface area (Å²) in [5, 5.41) is 0. The third-order valence-corrected chi connectivity index (χ3v) is 6.45. The molecule has 25 heavy (non-hydrogen) atoms. The number of allylic oxidation sites excluding steroid dienone is 2. The maximum atomic E-state index is 2.47. The molecule has 0 nitrogen and oxygen atoms in total. The van der Waals surface area contributed by atoms with Gasteiger partial charge in [0.05, 0.1) is 0 Å². The highest BCUT2D eigenvalue weighted by Gasteiger charge is 2.35. The van der Waals surface area contributed by atoms with Crippen molar-refractivity contribution in [3.05, 3.63) is 80.9 Å². The molecule has 0 spiro atoms. The van der Waals surface area contributed by atoms with E-state index in [1.807, 2.05) is 0 Å². The zero-order chi connectivity index (χ0) is 17.7. The molecule has 2 atom stereocenters. The van der Waals surface area contributed by atoms with Crippen LogP contribution in [0.4, 0.5) is 0 Å². The summed E-state index contributed by atoms with van der Waals surface area (Å²) in [7, 11) is 0. The number of rotatable bonds is 3. The van der Waals surface area contributed by atoms with Crippen molar-refractivity contribution in [2.45, 2.75) is 52.9 Å². The summed E-state index contributed by atoms with van der Waals surface area (Å²) in [6.07, 6.45) is 10.9. The van der Waals surface area contributed by atoms with Gasteiger partial charge < -0.3 is 0 Å². The zero-order valence-electron chi connectivity index (χ0n) is 16.1. The summed E-state index contributed by atoms with van der Waals surface area (Å²) >= 11 is 0. The molecule has 2 unspecified atom stereocenters. The van der Waals surface area contributed by atoms with E-state index in [1.54, 1.807) is 11.1 Å². The molecule has 0 saturated heterocycles. The van der Waals surface area contributed by atoms with E-state index in [4.69, 9.17) is 0 Å². The Balaban J connectivity index is 1.80. The predicted octanol–water partition coefficient (Wildman–Crippen LogP) is 6.87. The van der Waals surface area contributed by atoms with Crippen LogP contribution < -0.4 is 0 Å². The smallest absolute Gasteiger partial charge is 0.00669 e. The first kappa shape index (κ1) is 16.4. The standard InChI is InChI=1S/C25H28/c1-6-19(22-13-11-20-15(2)7-9-17(4)24(20)22)23-14-12-21-16(3)8-10-18(5)25(21)23/h7-14,19,22-23H,6H2,1-5H3. The first-order valence-electron chi connectivity index (χ1n) is 9.59. The van der Waals surface area contributed by atoms with Crippen LogP contribution in [-0.2, 0) is 0 Å². The molecule has 0 bridgehead atoms. The van der Waals surface area contributed by atoms with E-state index in [1.165, 1.54) is 39.8 Å². The third-order valence-electron chi connectivity index (χ3n) is 6.45. The Bertz CT molecular complexity index is 821. The van der Waals surface area contributed by atoms with Gasteiger partial charge in [0.2, 0.25) is 0 Å². The number of aryl methyl sites for hydroxylation is 4. The number of hydrogen-bond acceptors (Lipinski definition) is 0. The Morgan fingerprint density at radius 3 is 1.48 bits per heavy atom. The SMILES string of the molecule is CCC(C1C=Cc2c(C)ccc(C)c21)C1C=Cc2c(C)ccc(C)c21. The van der Waals surface area contributed by atoms with Gasteiger partial charge in [-0.2, -0.15) is 0 Å². The molecule has 0 heterocycles. The van der Waals surface area contributed by atoms with Gasteiger partial charge in [0.1, 0.15) is 0 Å². The van der Waals surface area contributed by atoms with E-state index >= 15 is 0 Å². The van der Waals surface area contributed by atoms with Crippen LogP contribution >= 0.6 is 0 Å². The van der Waals surface area contributed by atoms with E-state index < -0.39 is 0 Å². The van der Waals surface area contributed by atoms with Gasteiger partial charge in [-0.3, -0.25) is 0 Å². The minimum Gasteiger partial charge on any atom is -0.0760 e. The molecule has 0 radical (unpaired) electrons. The van der Waals surface area contributed by atoms with Crippen molar-refractivity contribution in [3.8, 4) is 0 Å². The summed E-state index contributed by atoms with van der Waals surface area (Å²) < 4.78 is 0. The van der Waals surface area contributed by atoms with E-state index in [0.717, 1.165) is 0 Å². The second-order valence-corrected chi connectivity index (χ2v) is 7.90. The summed E-state index contributed by atoms with van der Waals surface area (Å²) in [5.74, 6) is 1.68. The molecule has 0 fully saturated rings. The van der Waals surface area contributed by atoms with Crippen molar-refractivity contribution >= 4 is 12.2 Å². The number of hydrogen-bond donors (Lipinski definition) is 0. The first-order valence-corrected chi connectivity index (χ1v) is 9.59. The monoisotopic (exact) mass is 328 g/mol. The molecule has 0 N–H and O–H groups in total. The van der Waals surface area contributed by atoms with E-state index in [9.17, 15) is 0 Å². The van der Waals surface area contributed by atoms with Crippen LogP contribution in [0.5, 0.6) is 0 Å². The molecule has 0 heteroatoms. The van der Waals surface area contributed by atoms with Crippen molar-refractivity contribution in [1.82, 2.24) is 0 Å². The molecule has 0 aromatic heterocycles. The maximum Gasteiger partial charge on any atom is 0.00669 e. The van der Waals surface area contributed by atoms with E-state index in [-0.39, 0.29) is 0 Å². The van der Waals surface area contributed by atoms with Crippen LogP contribution in [0.1, 0.15) is 69.7 Å². The molecule has 2 aliphatic rings. The third kappa shape index (κ3) is 2.42. The highest BCUT2D eigenvalue weighted by Crippen LogP contribution is 2.49. The second kappa shape index (κ2) is 6.02. The molecule has 4 rings (SSSR count). The lowest BCUT2D eigenvalue weighted by molar-refractivity contribution is 0.423. The molecule has 0 saturated carbocycles. The van der Waals surface area contributed by atoms with Crippen molar-refractivity contribution < 1.29 is 0 Å². The fourth-order valence-corrected chi connectivity index (χ4v) is 5.07. The van der Waals surface area contributed by atoms with Gasteiger partial charge in [0.25, 0.3) is 0 Å². The topological polar surface area (TPSA) is 0 Å². The summed E-state index contributed by atoms with van der Waals surface area (Å²) in [4.78, 5) is 0. The quantitative estimate of drug-likeness (QED) is 0.577. The van der Waals surface area contributed by atoms with Gasteiger partial charge in [-0.25, -0.2) is 0 Å². The summed E-state index contributed by atoms with van der Waals surface area (Å²) in [5.41, 5.74) is 11.8. The molecule has 0 amide bonds. The Labute approximate surface area is 152 Å². The normalized spacial score (nSPS) is 21.5. The lowest BCUT2D eigenvalue weighted by Gasteiger charge is -2.30. The Morgan fingerprint density at radius 1 is 0.680 bits per heavy atom. The molecule has 2 aliphatic carbocycles. The second-order valence-electron chi connectivity index (χ2n) is 7.90. The maximum absolute atomic E-state index is 2.47. The molecular weight excluding hydrogens is 300 g/mol. The van der Waals surface area contributed by atoms with E-state index in [2.05, 4.69) is 83.2 Å². The van der Waals surface area contributed by atoms with Gasteiger partial charge in [0, 0.05) is 11.8 Å². The first-order chi connectivity index (χ1) is 12.0. The fourth-order valence-electron chi connectivity index (χ4n) is 5.07. The minimum absolute atomic E-state index is 0.528. The van der Waals surface area contributed by atoms with Gasteiger partial charge >= 0.3 is 0 Å². The molecule has 0 aliphatic heterocycles. The molecule has 128 valence electrons. The fraction of sp³-hybridized carbons (Fsp3) is 0.360. The molecular formula is C25H28. The number of benzene rings is 2. The summed E-state index contributed by atoms with van der Waals surface area (Å²) in [6.45, 7) is 11.4. The van der Waals surface area contributed by atoms with Crippen molar-refractivity contribution in [2.24, 2.45) is 5.92 Å². The zero-order valence-corrected chi connectivity index (χ0v) is 16.1. The van der Waals surface area contributed by atoms with Crippen molar-refractivity contribution in [3.63, 3.8) is 0 Å². The van der Waals surface area contributed by atoms with E-state index in [0.29, 0.717) is 17.8 Å². The van der Waals surface area contributed by atoms with Crippen molar-refractivity contribution in [2.75, 3.05) is 0 Å².